The number of ether oxygens (including phenoxy) is 3. The number of carbonyl (C=O) groups excluding carboxylic acids is 1. The first-order valence-electron chi connectivity index (χ1n) is 7.70. The zero-order valence-corrected chi connectivity index (χ0v) is 14.4. The van der Waals surface area contributed by atoms with E-state index in [4.69, 9.17) is 14.2 Å². The van der Waals surface area contributed by atoms with E-state index in [0.29, 0.717) is 17.2 Å². The number of hydrogen-bond donors (Lipinski definition) is 3. The first kappa shape index (κ1) is 19.5. The van der Waals surface area contributed by atoms with Gasteiger partial charge in [0.05, 0.1) is 33.1 Å². The van der Waals surface area contributed by atoms with Crippen molar-refractivity contribution in [2.75, 3.05) is 26.1 Å². The minimum atomic E-state index is -0.615. The van der Waals surface area contributed by atoms with Crippen LogP contribution in [0, 0.1) is 5.82 Å². The molecule has 3 N–H and O–H groups in total. The van der Waals surface area contributed by atoms with E-state index >= 15 is 0 Å². The highest BCUT2D eigenvalue weighted by atomic mass is 19.1. The predicted molar refractivity (Wildman–Crippen MR) is 91.9 cm³/mol. The van der Waals surface area contributed by atoms with E-state index in [1.54, 1.807) is 18.2 Å². The van der Waals surface area contributed by atoms with Crippen molar-refractivity contribution in [3.8, 4) is 17.2 Å². The van der Waals surface area contributed by atoms with Crippen LogP contribution in [0.15, 0.2) is 30.3 Å². The molecule has 0 saturated carbocycles. The van der Waals surface area contributed by atoms with Crippen molar-refractivity contribution in [2.45, 2.75) is 13.2 Å². The molecule has 2 aromatic rings. The van der Waals surface area contributed by atoms with E-state index in [2.05, 4.69) is 5.32 Å². The summed E-state index contributed by atoms with van der Waals surface area (Å²) in [5.74, 6) is -0.0763. The first-order valence-corrected chi connectivity index (χ1v) is 7.70. The summed E-state index contributed by atoms with van der Waals surface area (Å²) in [4.78, 5) is 12.2. The molecule has 0 spiro atoms. The van der Waals surface area contributed by atoms with Crippen molar-refractivity contribution in [2.24, 2.45) is 0 Å². The van der Waals surface area contributed by atoms with Crippen LogP contribution in [0.5, 0.6) is 17.2 Å². The molecular formula is C18H20FNO6. The number of hydrogen-bond acceptors (Lipinski definition) is 6. The lowest BCUT2D eigenvalue weighted by Gasteiger charge is -2.15. The highest BCUT2D eigenvalue weighted by molar-refractivity contribution is 5.93. The lowest BCUT2D eigenvalue weighted by atomic mass is 10.1. The number of carbonyl (C=O) groups is 1. The summed E-state index contributed by atoms with van der Waals surface area (Å²) in [6.45, 7) is -1.40. The molecule has 0 fully saturated rings. The summed E-state index contributed by atoms with van der Waals surface area (Å²) in [5, 5.41) is 21.3. The molecule has 0 aliphatic rings. The van der Waals surface area contributed by atoms with Gasteiger partial charge in [0.15, 0.2) is 6.61 Å². The van der Waals surface area contributed by atoms with Gasteiger partial charge in [-0.15, -0.1) is 0 Å². The second kappa shape index (κ2) is 9.02. The van der Waals surface area contributed by atoms with E-state index in [0.717, 1.165) is 12.1 Å². The molecule has 0 atom stereocenters. The van der Waals surface area contributed by atoms with Crippen molar-refractivity contribution < 1.29 is 33.6 Å². The van der Waals surface area contributed by atoms with E-state index < -0.39 is 31.5 Å². The van der Waals surface area contributed by atoms with Gasteiger partial charge < -0.3 is 29.7 Å². The Labute approximate surface area is 149 Å². The number of aliphatic hydroxyl groups is 2. The minimum absolute atomic E-state index is 0.0733. The van der Waals surface area contributed by atoms with Gasteiger partial charge in [-0.1, -0.05) is 0 Å². The summed E-state index contributed by atoms with van der Waals surface area (Å²) >= 11 is 0. The maximum atomic E-state index is 13.4. The quantitative estimate of drug-likeness (QED) is 0.661. The summed E-state index contributed by atoms with van der Waals surface area (Å²) in [7, 11) is 2.96. The topological polar surface area (TPSA) is 97.3 Å². The van der Waals surface area contributed by atoms with Gasteiger partial charge in [-0.3, -0.25) is 4.79 Å². The number of amides is 1. The Hall–Kier alpha value is -2.84. The van der Waals surface area contributed by atoms with Gasteiger partial charge in [0.25, 0.3) is 5.91 Å². The maximum absolute atomic E-state index is 13.4. The molecule has 0 heterocycles. The smallest absolute Gasteiger partial charge is 0.262 e. The number of nitrogens with one attached hydrogen (secondary N) is 1. The lowest BCUT2D eigenvalue weighted by Crippen LogP contribution is -2.21. The normalized spacial score (nSPS) is 10.3. The fraction of sp³-hybridized carbons (Fsp3) is 0.278. The Bertz CT molecular complexity index is 755. The Balaban J connectivity index is 2.13. The minimum Gasteiger partial charge on any atom is -0.497 e. The van der Waals surface area contributed by atoms with Gasteiger partial charge in [0.1, 0.15) is 23.1 Å². The Morgan fingerprint density at radius 3 is 2.27 bits per heavy atom. The third-order valence-electron chi connectivity index (χ3n) is 3.58. The van der Waals surface area contributed by atoms with Crippen molar-refractivity contribution >= 4 is 11.6 Å². The SMILES string of the molecule is COc1ccc(OC)c(NC(=O)COc2c(CO)cc(F)cc2CO)c1. The van der Waals surface area contributed by atoms with Crippen LogP contribution in [-0.4, -0.2) is 36.9 Å². The number of halogens is 1. The van der Waals surface area contributed by atoms with Crippen molar-refractivity contribution in [1.82, 2.24) is 0 Å². The summed E-state index contributed by atoms with van der Waals surface area (Å²) in [6, 6.07) is 7.08. The van der Waals surface area contributed by atoms with E-state index in [-0.39, 0.29) is 16.9 Å². The molecule has 8 heteroatoms. The van der Waals surface area contributed by atoms with Crippen LogP contribution >= 0.6 is 0 Å². The van der Waals surface area contributed by atoms with Gasteiger partial charge in [0.2, 0.25) is 0 Å². The molecule has 0 unspecified atom stereocenters. The molecule has 0 aliphatic heterocycles. The van der Waals surface area contributed by atoms with Gasteiger partial charge in [-0.25, -0.2) is 4.39 Å². The molecule has 0 bridgehead atoms. The average molecular weight is 365 g/mol. The van der Waals surface area contributed by atoms with Crippen molar-refractivity contribution in [1.29, 1.82) is 0 Å². The standard InChI is InChI=1S/C18H20FNO6/c1-24-14-3-4-16(25-2)15(7-14)20-17(23)10-26-18-11(8-21)5-13(19)6-12(18)9-22/h3-7,21-22H,8-10H2,1-2H3,(H,20,23). The Morgan fingerprint density at radius 2 is 1.73 bits per heavy atom. The van der Waals surface area contributed by atoms with Crippen LogP contribution in [0.4, 0.5) is 10.1 Å². The molecule has 2 rings (SSSR count). The zero-order valence-electron chi connectivity index (χ0n) is 14.4. The number of anilines is 1. The average Bonchev–Trinajstić information content (AvgIpc) is 2.65. The third-order valence-corrected chi connectivity index (χ3v) is 3.58. The molecule has 0 radical (unpaired) electrons. The van der Waals surface area contributed by atoms with E-state index in [1.807, 2.05) is 0 Å². The van der Waals surface area contributed by atoms with E-state index in [9.17, 15) is 19.4 Å². The van der Waals surface area contributed by atoms with Gasteiger partial charge in [0, 0.05) is 17.2 Å². The highest BCUT2D eigenvalue weighted by Gasteiger charge is 2.15. The molecule has 140 valence electrons. The van der Waals surface area contributed by atoms with Crippen molar-refractivity contribution in [3.05, 3.63) is 47.3 Å². The molecule has 7 nitrogen and oxygen atoms in total. The van der Waals surface area contributed by atoms with Crippen LogP contribution in [0.2, 0.25) is 0 Å². The number of benzene rings is 2. The molecule has 0 saturated heterocycles. The largest absolute Gasteiger partial charge is 0.497 e. The zero-order chi connectivity index (χ0) is 19.1. The monoisotopic (exact) mass is 365 g/mol. The molecule has 0 aromatic heterocycles. The number of methoxy groups -OCH3 is 2. The van der Waals surface area contributed by atoms with Crippen LogP contribution in [-0.2, 0) is 18.0 Å². The van der Waals surface area contributed by atoms with E-state index in [1.165, 1.54) is 14.2 Å². The van der Waals surface area contributed by atoms with Gasteiger partial charge in [-0.2, -0.15) is 0 Å². The molecule has 26 heavy (non-hydrogen) atoms. The highest BCUT2D eigenvalue weighted by Crippen LogP contribution is 2.29. The first-order chi connectivity index (χ1) is 12.5. The maximum Gasteiger partial charge on any atom is 0.262 e. The second-order valence-corrected chi connectivity index (χ2v) is 5.27. The molecule has 2 aromatic carbocycles. The lowest BCUT2D eigenvalue weighted by molar-refractivity contribution is -0.118. The number of aliphatic hydroxyl groups excluding tert-OH is 2. The van der Waals surface area contributed by atoms with Crippen LogP contribution in [0.25, 0.3) is 0 Å². The Kier molecular flexibility index (Phi) is 6.76. The Morgan fingerprint density at radius 1 is 1.08 bits per heavy atom. The predicted octanol–water partition coefficient (Wildman–Crippen LogP) is 1.84. The third kappa shape index (κ3) is 4.62. The summed E-state index contributed by atoms with van der Waals surface area (Å²) < 4.78 is 29.1. The summed E-state index contributed by atoms with van der Waals surface area (Å²) in [6.07, 6.45) is 0. The fourth-order valence-electron chi connectivity index (χ4n) is 2.37. The second-order valence-electron chi connectivity index (χ2n) is 5.27. The molecule has 0 aliphatic carbocycles. The van der Waals surface area contributed by atoms with Crippen molar-refractivity contribution in [3.63, 3.8) is 0 Å². The molecular weight excluding hydrogens is 345 g/mol. The fourth-order valence-corrected chi connectivity index (χ4v) is 2.37. The molecule has 1 amide bonds. The van der Waals surface area contributed by atoms with Crippen LogP contribution in [0.3, 0.4) is 0 Å². The summed E-state index contributed by atoms with van der Waals surface area (Å²) in [5.41, 5.74) is 0.672. The van der Waals surface area contributed by atoms with Crippen LogP contribution < -0.4 is 19.5 Å². The number of rotatable bonds is 8. The van der Waals surface area contributed by atoms with Crippen LogP contribution in [0.1, 0.15) is 11.1 Å². The van der Waals surface area contributed by atoms with Gasteiger partial charge >= 0.3 is 0 Å². The van der Waals surface area contributed by atoms with Gasteiger partial charge in [-0.05, 0) is 24.3 Å².